The number of imidazole rings is 1. The molecule has 5 nitrogen and oxygen atoms in total. The lowest BCUT2D eigenvalue weighted by Crippen LogP contribution is -2.42. The fourth-order valence-corrected chi connectivity index (χ4v) is 4.38. The first kappa shape index (κ1) is 27.5. The lowest BCUT2D eigenvalue weighted by Gasteiger charge is -2.30. The van der Waals surface area contributed by atoms with E-state index >= 15 is 0 Å². The number of nitrogens with two attached hydrogens (primary N) is 1. The Kier molecular flexibility index (Phi) is 7.21. The van der Waals surface area contributed by atoms with Gasteiger partial charge in [-0.1, -0.05) is 18.2 Å². The number of rotatable bonds is 5. The fourth-order valence-electron chi connectivity index (χ4n) is 4.38. The molecule has 0 saturated heterocycles. The molecule has 2 heterocycles. The Morgan fingerprint density at radius 2 is 1.61 bits per heavy atom. The molecule has 1 atom stereocenters. The third-order valence-electron chi connectivity index (χ3n) is 6.11. The first-order valence-corrected chi connectivity index (χ1v) is 11.2. The number of halogens is 9. The first-order valence-electron chi connectivity index (χ1n) is 11.2. The van der Waals surface area contributed by atoms with E-state index in [1.54, 1.807) is 0 Å². The van der Waals surface area contributed by atoms with Crippen molar-refractivity contribution in [3.8, 4) is 11.3 Å². The third kappa shape index (κ3) is 5.49. The largest absolute Gasteiger partial charge is 0.449 e. The maximum atomic E-state index is 13.9. The molecule has 0 radical (unpaired) electrons. The van der Waals surface area contributed by atoms with Crippen LogP contribution in [0.25, 0.3) is 11.3 Å². The van der Waals surface area contributed by atoms with Gasteiger partial charge in [-0.05, 0) is 24.1 Å². The van der Waals surface area contributed by atoms with Gasteiger partial charge in [0.15, 0.2) is 11.6 Å². The minimum atomic E-state index is -4.97. The Balaban J connectivity index is 1.61. The summed E-state index contributed by atoms with van der Waals surface area (Å²) in [5.41, 5.74) is 3.06. The van der Waals surface area contributed by atoms with Crippen LogP contribution in [-0.4, -0.2) is 32.9 Å². The van der Waals surface area contributed by atoms with Crippen LogP contribution in [0.5, 0.6) is 0 Å². The normalized spacial score (nSPS) is 14.9. The van der Waals surface area contributed by atoms with Crippen LogP contribution in [0.4, 0.5) is 39.5 Å². The number of benzene rings is 2. The van der Waals surface area contributed by atoms with Crippen molar-refractivity contribution in [2.75, 3.05) is 6.54 Å². The molecule has 4 rings (SSSR count). The Morgan fingerprint density at radius 1 is 0.947 bits per heavy atom. The quantitative estimate of drug-likeness (QED) is 0.346. The molecular formula is C24H19F9N4O. The zero-order valence-corrected chi connectivity index (χ0v) is 19.3. The average Bonchev–Trinajstić information content (AvgIpc) is 3.21. The number of nitrogens with zero attached hydrogens (tertiary/aromatic N) is 3. The van der Waals surface area contributed by atoms with Gasteiger partial charge in [-0.15, -0.1) is 0 Å². The Hall–Kier alpha value is -3.55. The van der Waals surface area contributed by atoms with Gasteiger partial charge in [0, 0.05) is 37.2 Å². The predicted octanol–water partition coefficient (Wildman–Crippen LogP) is 5.31. The second kappa shape index (κ2) is 9.97. The number of aromatic nitrogens is 2. The highest BCUT2D eigenvalue weighted by atomic mass is 19.4. The van der Waals surface area contributed by atoms with E-state index in [0.717, 1.165) is 27.7 Å². The molecule has 1 aliphatic rings. The van der Waals surface area contributed by atoms with Crippen LogP contribution >= 0.6 is 0 Å². The minimum Gasteiger partial charge on any atom is -0.335 e. The molecule has 3 aromatic rings. The average molecular weight is 550 g/mol. The number of amides is 1. The van der Waals surface area contributed by atoms with Crippen LogP contribution < -0.4 is 5.73 Å². The molecule has 38 heavy (non-hydrogen) atoms. The summed E-state index contributed by atoms with van der Waals surface area (Å²) in [7, 11) is 0. The van der Waals surface area contributed by atoms with Crippen molar-refractivity contribution < 1.29 is 44.3 Å². The fraction of sp³-hybridized carbons (Fsp3) is 0.333. The number of carbonyl (C=O) groups is 1. The Labute approximate surface area is 209 Å². The summed E-state index contributed by atoms with van der Waals surface area (Å²) in [5, 5.41) is 0. The number of fused-ring (bicyclic) bond motifs is 1. The van der Waals surface area contributed by atoms with E-state index in [9.17, 15) is 44.3 Å². The number of hydrogen-bond donors (Lipinski definition) is 1. The smallest absolute Gasteiger partial charge is 0.335 e. The monoisotopic (exact) mass is 550 g/mol. The van der Waals surface area contributed by atoms with Crippen molar-refractivity contribution in [2.24, 2.45) is 5.73 Å². The molecule has 0 fully saturated rings. The van der Waals surface area contributed by atoms with E-state index in [2.05, 4.69) is 4.98 Å². The van der Waals surface area contributed by atoms with Gasteiger partial charge in [0.25, 0.3) is 0 Å². The molecule has 14 heteroatoms. The Morgan fingerprint density at radius 3 is 2.26 bits per heavy atom. The molecule has 0 spiro atoms. The molecule has 2 N–H and O–H groups in total. The van der Waals surface area contributed by atoms with Gasteiger partial charge in [0.05, 0.1) is 23.5 Å². The van der Waals surface area contributed by atoms with Crippen LogP contribution in [0, 0.1) is 17.5 Å². The van der Waals surface area contributed by atoms with Crippen LogP contribution in [0.1, 0.15) is 29.1 Å². The zero-order valence-electron chi connectivity index (χ0n) is 19.3. The highest BCUT2D eigenvalue weighted by Gasteiger charge is 2.42. The first-order chi connectivity index (χ1) is 17.7. The standard InChI is InChI=1S/C24H19F9N4O/c25-16-10-18(27)17(26)8-12(16)7-13(34)9-20(38)36-5-6-37-19(11-36)21(35-22(37)24(31,32)33)14-3-1-2-4-15(14)23(28,29)30/h1-4,8,10,13H,5-7,9,11,34H2/t13-/m1/s1. The summed E-state index contributed by atoms with van der Waals surface area (Å²) in [5.74, 6) is -5.84. The highest BCUT2D eigenvalue weighted by molar-refractivity contribution is 5.77. The van der Waals surface area contributed by atoms with Gasteiger partial charge in [0.1, 0.15) is 5.82 Å². The molecule has 0 bridgehead atoms. The molecule has 0 aliphatic carbocycles. The SMILES string of the molecule is N[C@@H](CC(=O)N1CCn2c(C(F)(F)F)nc(-c3ccccc3C(F)(F)F)c2C1)Cc1cc(F)c(F)cc1F. The summed E-state index contributed by atoms with van der Waals surface area (Å²) in [6.45, 7) is -1.11. The van der Waals surface area contributed by atoms with Crippen LogP contribution in [0.3, 0.4) is 0 Å². The zero-order chi connectivity index (χ0) is 28.0. The van der Waals surface area contributed by atoms with Crippen molar-refractivity contribution in [3.05, 3.63) is 76.5 Å². The maximum absolute atomic E-state index is 13.9. The van der Waals surface area contributed by atoms with Crippen molar-refractivity contribution in [2.45, 2.75) is 44.3 Å². The molecule has 1 aliphatic heterocycles. The number of hydrogen-bond acceptors (Lipinski definition) is 3. The summed E-state index contributed by atoms with van der Waals surface area (Å²) in [6.07, 6.45) is -10.6. The van der Waals surface area contributed by atoms with Gasteiger partial charge in [-0.25, -0.2) is 18.2 Å². The summed E-state index contributed by atoms with van der Waals surface area (Å²) >= 11 is 0. The molecule has 1 aromatic heterocycles. The summed E-state index contributed by atoms with van der Waals surface area (Å²) in [4.78, 5) is 17.5. The van der Waals surface area contributed by atoms with E-state index in [4.69, 9.17) is 5.73 Å². The van der Waals surface area contributed by atoms with Crippen LogP contribution in [0.15, 0.2) is 36.4 Å². The number of carbonyl (C=O) groups excluding carboxylic acids is 1. The molecule has 204 valence electrons. The van der Waals surface area contributed by atoms with E-state index < -0.39 is 83.9 Å². The van der Waals surface area contributed by atoms with Crippen molar-refractivity contribution in [1.29, 1.82) is 0 Å². The van der Waals surface area contributed by atoms with E-state index in [-0.39, 0.29) is 24.2 Å². The third-order valence-corrected chi connectivity index (χ3v) is 6.11. The second-order valence-electron chi connectivity index (χ2n) is 8.76. The molecule has 2 aromatic carbocycles. The van der Waals surface area contributed by atoms with Crippen molar-refractivity contribution >= 4 is 5.91 Å². The van der Waals surface area contributed by atoms with E-state index in [1.165, 1.54) is 6.07 Å². The van der Waals surface area contributed by atoms with Crippen molar-refractivity contribution in [1.82, 2.24) is 14.5 Å². The van der Waals surface area contributed by atoms with E-state index in [0.29, 0.717) is 12.1 Å². The van der Waals surface area contributed by atoms with Gasteiger partial charge in [-0.3, -0.25) is 4.79 Å². The van der Waals surface area contributed by atoms with Crippen LogP contribution in [-0.2, 0) is 36.7 Å². The lowest BCUT2D eigenvalue weighted by molar-refractivity contribution is -0.148. The van der Waals surface area contributed by atoms with Crippen LogP contribution in [0.2, 0.25) is 0 Å². The Bertz CT molecular complexity index is 1360. The van der Waals surface area contributed by atoms with E-state index in [1.807, 2.05) is 0 Å². The second-order valence-corrected chi connectivity index (χ2v) is 8.76. The van der Waals surface area contributed by atoms with Gasteiger partial charge in [-0.2, -0.15) is 26.3 Å². The van der Waals surface area contributed by atoms with Crippen molar-refractivity contribution in [3.63, 3.8) is 0 Å². The van der Waals surface area contributed by atoms with Gasteiger partial charge in [0.2, 0.25) is 11.7 Å². The molecule has 1 amide bonds. The topological polar surface area (TPSA) is 64.2 Å². The predicted molar refractivity (Wildman–Crippen MR) is 116 cm³/mol. The summed E-state index contributed by atoms with van der Waals surface area (Å²) < 4.78 is 123. The molecule has 0 unspecified atom stereocenters. The summed E-state index contributed by atoms with van der Waals surface area (Å²) in [6, 6.07) is 3.92. The minimum absolute atomic E-state index is 0.224. The lowest BCUT2D eigenvalue weighted by atomic mass is 10.0. The maximum Gasteiger partial charge on any atom is 0.449 e. The highest BCUT2D eigenvalue weighted by Crippen LogP contribution is 2.41. The number of alkyl halides is 6. The molecular weight excluding hydrogens is 531 g/mol. The van der Waals surface area contributed by atoms with Gasteiger partial charge < -0.3 is 15.2 Å². The van der Waals surface area contributed by atoms with Gasteiger partial charge >= 0.3 is 12.4 Å². The molecule has 0 saturated carbocycles.